The fourth-order valence-electron chi connectivity index (χ4n) is 2.38. The first-order valence-electron chi connectivity index (χ1n) is 5.97. The van der Waals surface area contributed by atoms with Crippen LogP contribution in [0.15, 0.2) is 6.20 Å². The van der Waals surface area contributed by atoms with E-state index in [2.05, 4.69) is 31.2 Å². The Morgan fingerprint density at radius 1 is 1.38 bits per heavy atom. The number of anilines is 1. The van der Waals surface area contributed by atoms with E-state index in [0.29, 0.717) is 18.2 Å². The van der Waals surface area contributed by atoms with Crippen molar-refractivity contribution < 1.29 is 4.74 Å². The van der Waals surface area contributed by atoms with Gasteiger partial charge in [-0.3, -0.25) is 4.68 Å². The summed E-state index contributed by atoms with van der Waals surface area (Å²) in [4.78, 5) is 0. The van der Waals surface area contributed by atoms with Crippen LogP contribution in [-0.2, 0) is 11.8 Å². The van der Waals surface area contributed by atoms with Gasteiger partial charge in [-0.25, -0.2) is 0 Å². The Labute approximate surface area is 97.0 Å². The van der Waals surface area contributed by atoms with Crippen molar-refractivity contribution in [2.24, 2.45) is 7.05 Å². The van der Waals surface area contributed by atoms with Crippen LogP contribution in [0.25, 0.3) is 0 Å². The van der Waals surface area contributed by atoms with Gasteiger partial charge in [-0.2, -0.15) is 5.10 Å². The van der Waals surface area contributed by atoms with E-state index in [1.807, 2.05) is 17.9 Å². The molecule has 1 aliphatic rings. The van der Waals surface area contributed by atoms with E-state index >= 15 is 0 Å². The van der Waals surface area contributed by atoms with Gasteiger partial charge in [0.15, 0.2) is 0 Å². The number of hydrogen-bond acceptors (Lipinski definition) is 3. The zero-order valence-corrected chi connectivity index (χ0v) is 10.5. The standard InChI is InChI=1S/C12H21N3O/c1-8-5-11(6-9(2)16-8)14-12-7-13-15(4)10(12)3/h7-9,11,14H,5-6H2,1-4H3. The highest BCUT2D eigenvalue weighted by Gasteiger charge is 2.24. The number of rotatable bonds is 2. The lowest BCUT2D eigenvalue weighted by Gasteiger charge is -2.33. The second-order valence-electron chi connectivity index (χ2n) is 4.84. The first kappa shape index (κ1) is 11.5. The molecule has 2 heterocycles. The van der Waals surface area contributed by atoms with E-state index in [0.717, 1.165) is 18.5 Å². The lowest BCUT2D eigenvalue weighted by molar-refractivity contribution is -0.0337. The van der Waals surface area contributed by atoms with E-state index in [1.165, 1.54) is 5.69 Å². The van der Waals surface area contributed by atoms with E-state index in [9.17, 15) is 0 Å². The predicted molar refractivity (Wildman–Crippen MR) is 64.6 cm³/mol. The van der Waals surface area contributed by atoms with Gasteiger partial charge < -0.3 is 10.1 Å². The quantitative estimate of drug-likeness (QED) is 0.834. The highest BCUT2D eigenvalue weighted by molar-refractivity contribution is 5.46. The Kier molecular flexibility index (Phi) is 3.19. The SMILES string of the molecule is Cc1c(NC2CC(C)OC(C)C2)cnn1C. The van der Waals surface area contributed by atoms with Crippen LogP contribution >= 0.6 is 0 Å². The number of ether oxygens (including phenoxy) is 1. The summed E-state index contributed by atoms with van der Waals surface area (Å²) < 4.78 is 7.63. The molecule has 0 aliphatic carbocycles. The van der Waals surface area contributed by atoms with E-state index < -0.39 is 0 Å². The molecular formula is C12H21N3O. The van der Waals surface area contributed by atoms with Crippen LogP contribution in [0.5, 0.6) is 0 Å². The number of hydrogen-bond donors (Lipinski definition) is 1. The molecule has 1 N–H and O–H groups in total. The molecule has 4 heteroatoms. The van der Waals surface area contributed by atoms with E-state index in [-0.39, 0.29) is 0 Å². The normalized spacial score (nSPS) is 30.4. The lowest BCUT2D eigenvalue weighted by atomic mass is 9.99. The molecule has 2 atom stereocenters. The van der Waals surface area contributed by atoms with Crippen molar-refractivity contribution in [2.45, 2.75) is 51.9 Å². The monoisotopic (exact) mass is 223 g/mol. The van der Waals surface area contributed by atoms with Crippen molar-refractivity contribution >= 4 is 5.69 Å². The molecule has 1 aromatic rings. The molecule has 4 nitrogen and oxygen atoms in total. The Bertz CT molecular complexity index is 351. The second kappa shape index (κ2) is 4.45. The van der Waals surface area contributed by atoms with Gasteiger partial charge in [0.05, 0.1) is 29.8 Å². The highest BCUT2D eigenvalue weighted by Crippen LogP contribution is 2.23. The van der Waals surface area contributed by atoms with Crippen LogP contribution in [0.1, 0.15) is 32.4 Å². The fourth-order valence-corrected chi connectivity index (χ4v) is 2.38. The summed E-state index contributed by atoms with van der Waals surface area (Å²) >= 11 is 0. The smallest absolute Gasteiger partial charge is 0.0758 e. The minimum Gasteiger partial charge on any atom is -0.379 e. The molecule has 0 bridgehead atoms. The van der Waals surface area contributed by atoms with Gasteiger partial charge >= 0.3 is 0 Å². The van der Waals surface area contributed by atoms with Gasteiger partial charge in [0.2, 0.25) is 0 Å². The average Bonchev–Trinajstić information content (AvgIpc) is 2.48. The van der Waals surface area contributed by atoms with Crippen molar-refractivity contribution in [2.75, 3.05) is 5.32 Å². The van der Waals surface area contributed by atoms with Crippen molar-refractivity contribution in [1.29, 1.82) is 0 Å². The largest absolute Gasteiger partial charge is 0.379 e. The highest BCUT2D eigenvalue weighted by atomic mass is 16.5. The first-order chi connectivity index (χ1) is 7.56. The minimum atomic E-state index is 0.346. The molecule has 1 aliphatic heterocycles. The van der Waals surface area contributed by atoms with E-state index in [1.54, 1.807) is 0 Å². The van der Waals surface area contributed by atoms with Crippen LogP contribution in [0, 0.1) is 6.92 Å². The van der Waals surface area contributed by atoms with Gasteiger partial charge in [0, 0.05) is 13.1 Å². The molecule has 2 rings (SSSR count). The number of aryl methyl sites for hydroxylation is 1. The second-order valence-corrected chi connectivity index (χ2v) is 4.84. The molecule has 0 spiro atoms. The molecule has 0 aromatic carbocycles. The van der Waals surface area contributed by atoms with Gasteiger partial charge in [-0.1, -0.05) is 0 Å². The zero-order valence-electron chi connectivity index (χ0n) is 10.5. The average molecular weight is 223 g/mol. The maximum absolute atomic E-state index is 5.73. The van der Waals surface area contributed by atoms with Gasteiger partial charge in [-0.15, -0.1) is 0 Å². The van der Waals surface area contributed by atoms with Crippen LogP contribution in [-0.4, -0.2) is 28.0 Å². The van der Waals surface area contributed by atoms with Gasteiger partial charge in [-0.05, 0) is 33.6 Å². The van der Waals surface area contributed by atoms with Crippen LogP contribution in [0.3, 0.4) is 0 Å². The molecule has 0 amide bonds. The maximum Gasteiger partial charge on any atom is 0.0758 e. The Morgan fingerprint density at radius 2 is 2.00 bits per heavy atom. The third-order valence-electron chi connectivity index (χ3n) is 3.29. The molecule has 0 radical (unpaired) electrons. The summed E-state index contributed by atoms with van der Waals surface area (Å²) in [5.74, 6) is 0. The molecule has 90 valence electrons. The summed E-state index contributed by atoms with van der Waals surface area (Å²) in [6.45, 7) is 6.36. The molecular weight excluding hydrogens is 202 g/mol. The summed E-state index contributed by atoms with van der Waals surface area (Å²) in [5.41, 5.74) is 2.33. The lowest BCUT2D eigenvalue weighted by Crippen LogP contribution is -2.36. The maximum atomic E-state index is 5.73. The predicted octanol–water partition coefficient (Wildman–Crippen LogP) is 2.10. The van der Waals surface area contributed by atoms with Crippen molar-refractivity contribution in [3.63, 3.8) is 0 Å². The Morgan fingerprint density at radius 3 is 2.50 bits per heavy atom. The van der Waals surface area contributed by atoms with Crippen molar-refractivity contribution in [3.05, 3.63) is 11.9 Å². The number of nitrogens with zero attached hydrogens (tertiary/aromatic N) is 2. The summed E-state index contributed by atoms with van der Waals surface area (Å²) in [6.07, 6.45) is 4.73. The topological polar surface area (TPSA) is 39.1 Å². The summed E-state index contributed by atoms with van der Waals surface area (Å²) in [7, 11) is 1.97. The number of aromatic nitrogens is 2. The summed E-state index contributed by atoms with van der Waals surface area (Å²) in [5, 5.41) is 7.81. The molecule has 1 aromatic heterocycles. The number of nitrogens with one attached hydrogen (secondary N) is 1. The molecule has 1 fully saturated rings. The Balaban J connectivity index is 2.01. The fraction of sp³-hybridized carbons (Fsp3) is 0.750. The van der Waals surface area contributed by atoms with E-state index in [4.69, 9.17) is 4.74 Å². The van der Waals surface area contributed by atoms with Crippen LogP contribution in [0.4, 0.5) is 5.69 Å². The Hall–Kier alpha value is -1.03. The van der Waals surface area contributed by atoms with Crippen LogP contribution in [0.2, 0.25) is 0 Å². The molecule has 0 saturated carbocycles. The third-order valence-corrected chi connectivity index (χ3v) is 3.29. The molecule has 2 unspecified atom stereocenters. The zero-order chi connectivity index (χ0) is 11.7. The molecule has 1 saturated heterocycles. The minimum absolute atomic E-state index is 0.346. The van der Waals surface area contributed by atoms with Crippen LogP contribution < -0.4 is 5.32 Å². The first-order valence-corrected chi connectivity index (χ1v) is 5.97. The van der Waals surface area contributed by atoms with Crippen molar-refractivity contribution in [3.8, 4) is 0 Å². The van der Waals surface area contributed by atoms with Crippen molar-refractivity contribution in [1.82, 2.24) is 9.78 Å². The van der Waals surface area contributed by atoms with Gasteiger partial charge in [0.1, 0.15) is 0 Å². The van der Waals surface area contributed by atoms with Gasteiger partial charge in [0.25, 0.3) is 0 Å². The third kappa shape index (κ3) is 2.38. The molecule has 16 heavy (non-hydrogen) atoms. The summed E-state index contributed by atoms with van der Waals surface area (Å²) in [6, 6.07) is 0.502.